The van der Waals surface area contributed by atoms with Crippen LogP contribution in [0.1, 0.15) is 48.7 Å². The molecule has 3 unspecified atom stereocenters. The van der Waals surface area contributed by atoms with E-state index < -0.39 is 35.3 Å². The number of piperidine rings is 1. The summed E-state index contributed by atoms with van der Waals surface area (Å²) in [5.74, 6) is -2.15. The van der Waals surface area contributed by atoms with Crippen molar-refractivity contribution < 1.29 is 23.8 Å². The van der Waals surface area contributed by atoms with E-state index in [0.29, 0.717) is 48.3 Å². The van der Waals surface area contributed by atoms with E-state index in [4.69, 9.17) is 5.73 Å². The number of carbonyl (C=O) groups is 1. The van der Waals surface area contributed by atoms with E-state index in [2.05, 4.69) is 15.3 Å². The van der Waals surface area contributed by atoms with Crippen LogP contribution >= 0.6 is 0 Å². The van der Waals surface area contributed by atoms with Crippen LogP contribution in [-0.4, -0.2) is 58.6 Å². The molecule has 0 spiro atoms. The molecule has 3 heterocycles. The summed E-state index contributed by atoms with van der Waals surface area (Å²) in [6, 6.07) is 6.51. The predicted molar refractivity (Wildman–Crippen MR) is 151 cm³/mol. The van der Waals surface area contributed by atoms with Gasteiger partial charge in [0.2, 0.25) is 0 Å². The Morgan fingerprint density at radius 1 is 1.23 bits per heavy atom. The number of aliphatic hydroxyl groups is 2. The average Bonchev–Trinajstić information content (AvgIpc) is 2.93. The van der Waals surface area contributed by atoms with Crippen molar-refractivity contribution in [2.24, 2.45) is 11.7 Å². The second kappa shape index (κ2) is 11.2. The Hall–Kier alpha value is -3.41. The number of pyridine rings is 2. The lowest BCUT2D eigenvalue weighted by Gasteiger charge is -2.41. The molecule has 209 valence electrons. The molecule has 2 fully saturated rings. The lowest BCUT2D eigenvalue weighted by Crippen LogP contribution is -2.56. The van der Waals surface area contributed by atoms with Crippen LogP contribution in [0.2, 0.25) is 6.82 Å². The van der Waals surface area contributed by atoms with Gasteiger partial charge in [0, 0.05) is 36.8 Å². The Morgan fingerprint density at radius 3 is 2.67 bits per heavy atom. The average molecular weight is 548 g/mol. The summed E-state index contributed by atoms with van der Waals surface area (Å²) in [4.78, 5) is 23.7. The number of halogens is 2. The number of aliphatic hydroxyl groups excluding tert-OH is 1. The molecular formula is C29H33BF2N5O3. The zero-order valence-electron chi connectivity index (χ0n) is 22.6. The van der Waals surface area contributed by atoms with E-state index in [9.17, 15) is 15.0 Å². The van der Waals surface area contributed by atoms with Crippen LogP contribution in [0, 0.1) is 17.6 Å². The molecule has 1 radical (unpaired) electrons. The van der Waals surface area contributed by atoms with Gasteiger partial charge in [-0.3, -0.25) is 9.78 Å². The van der Waals surface area contributed by atoms with Crippen LogP contribution in [0.5, 0.6) is 0 Å². The molecule has 2 aromatic heterocycles. The van der Waals surface area contributed by atoms with Crippen molar-refractivity contribution in [2.45, 2.75) is 57.2 Å². The highest BCUT2D eigenvalue weighted by Crippen LogP contribution is 2.41. The zero-order valence-corrected chi connectivity index (χ0v) is 22.6. The second-order valence-corrected chi connectivity index (χ2v) is 10.7. The van der Waals surface area contributed by atoms with Crippen LogP contribution in [0.15, 0.2) is 42.7 Å². The van der Waals surface area contributed by atoms with Crippen LogP contribution < -0.4 is 21.4 Å². The summed E-state index contributed by atoms with van der Waals surface area (Å²) in [6.45, 7) is 4.63. The summed E-state index contributed by atoms with van der Waals surface area (Å²) in [6.07, 6.45) is 5.17. The number of carbonyl (C=O) groups excluding carboxylic acids is 1. The van der Waals surface area contributed by atoms with Crippen molar-refractivity contribution in [3.8, 4) is 11.3 Å². The third-order valence-electron chi connectivity index (χ3n) is 8.18. The van der Waals surface area contributed by atoms with Gasteiger partial charge in [-0.25, -0.2) is 13.8 Å². The monoisotopic (exact) mass is 548 g/mol. The first-order valence-corrected chi connectivity index (χ1v) is 13.6. The number of aromatic nitrogens is 2. The summed E-state index contributed by atoms with van der Waals surface area (Å²) in [7, 11) is 1.63. The lowest BCUT2D eigenvalue weighted by atomic mass is 9.66. The third kappa shape index (κ3) is 5.21. The molecule has 1 amide bonds. The Balaban J connectivity index is 1.44. The van der Waals surface area contributed by atoms with Gasteiger partial charge in [-0.1, -0.05) is 25.3 Å². The molecule has 5 rings (SSSR count). The summed E-state index contributed by atoms with van der Waals surface area (Å²) >= 11 is 0. The number of rotatable bonds is 7. The topological polar surface area (TPSA) is 125 Å². The van der Waals surface area contributed by atoms with Gasteiger partial charge in [0.25, 0.3) is 5.91 Å². The van der Waals surface area contributed by atoms with Crippen molar-refractivity contribution >= 4 is 30.0 Å². The van der Waals surface area contributed by atoms with E-state index in [-0.39, 0.29) is 22.9 Å². The Labute approximate surface area is 232 Å². The summed E-state index contributed by atoms with van der Waals surface area (Å²) < 4.78 is 30.5. The van der Waals surface area contributed by atoms with Gasteiger partial charge in [-0.05, 0) is 55.5 Å². The van der Waals surface area contributed by atoms with Crippen molar-refractivity contribution in [1.29, 1.82) is 0 Å². The highest BCUT2D eigenvalue weighted by atomic mass is 19.1. The van der Waals surface area contributed by atoms with Crippen LogP contribution in [0.4, 0.5) is 20.2 Å². The van der Waals surface area contributed by atoms with E-state index in [1.54, 1.807) is 32.4 Å². The number of amides is 1. The van der Waals surface area contributed by atoms with Gasteiger partial charge < -0.3 is 26.2 Å². The zero-order chi connectivity index (χ0) is 28.6. The predicted octanol–water partition coefficient (Wildman–Crippen LogP) is 2.96. The van der Waals surface area contributed by atoms with E-state index >= 15 is 8.78 Å². The number of nitrogens with two attached hydrogens (primary N) is 1. The lowest BCUT2D eigenvalue weighted by molar-refractivity contribution is -0.0389. The summed E-state index contributed by atoms with van der Waals surface area (Å²) in [5, 5.41) is 23.9. The molecule has 1 aromatic carbocycles. The molecule has 1 aliphatic carbocycles. The Bertz CT molecular complexity index is 1420. The minimum absolute atomic E-state index is 0.0300. The number of benzene rings is 1. The molecule has 5 N–H and O–H groups in total. The van der Waals surface area contributed by atoms with Gasteiger partial charge in [0.15, 0.2) is 0 Å². The quantitative estimate of drug-likeness (QED) is 0.335. The summed E-state index contributed by atoms with van der Waals surface area (Å²) in [5.41, 5.74) is 6.55. The maximum absolute atomic E-state index is 15.4. The van der Waals surface area contributed by atoms with Crippen molar-refractivity contribution in [1.82, 2.24) is 9.97 Å². The van der Waals surface area contributed by atoms with Gasteiger partial charge in [0.05, 0.1) is 29.3 Å². The molecule has 0 bridgehead atoms. The fraction of sp³-hybridized carbons (Fsp3) is 0.414. The maximum atomic E-state index is 15.4. The fourth-order valence-corrected chi connectivity index (χ4v) is 5.61. The molecule has 40 heavy (non-hydrogen) atoms. The van der Waals surface area contributed by atoms with Crippen molar-refractivity contribution in [3.05, 3.63) is 65.6 Å². The van der Waals surface area contributed by atoms with Gasteiger partial charge >= 0.3 is 0 Å². The molecule has 3 atom stereocenters. The first kappa shape index (κ1) is 28.1. The smallest absolute Gasteiger partial charge is 0.274 e. The van der Waals surface area contributed by atoms with Crippen molar-refractivity contribution in [3.63, 3.8) is 0 Å². The molecular weight excluding hydrogens is 515 g/mol. The van der Waals surface area contributed by atoms with E-state index in [1.807, 2.05) is 11.8 Å². The molecule has 1 aliphatic heterocycles. The Morgan fingerprint density at radius 2 is 2.00 bits per heavy atom. The van der Waals surface area contributed by atoms with E-state index in [1.165, 1.54) is 18.3 Å². The highest BCUT2D eigenvalue weighted by molar-refractivity contribution is 6.54. The van der Waals surface area contributed by atoms with Gasteiger partial charge in [0.1, 0.15) is 30.3 Å². The fourth-order valence-electron chi connectivity index (χ4n) is 5.61. The normalized spacial score (nSPS) is 22.0. The number of anilines is 2. The number of nitrogens with zero attached hydrogens (tertiary/aromatic N) is 3. The molecule has 8 nitrogen and oxygen atoms in total. The maximum Gasteiger partial charge on any atom is 0.274 e. The molecule has 2 aliphatic rings. The standard InChI is InChI=1S/C29H33BF2N5O3/c1-3-16-14-37(15-21(33)27(16)38)24-7-10-34-13-23(24)36-28(39)22-6-5-19(31)26(35-22)25-18(30-2)11-17(12-20(25)32)29(40)8-4-9-29/h5-7,10-13,16,21,27,38,40H,3-4,8-9,14-15,33H2,1-2H3,(H,36,39). The first-order valence-electron chi connectivity index (χ1n) is 13.6. The van der Waals surface area contributed by atoms with Gasteiger partial charge in [-0.15, -0.1) is 0 Å². The van der Waals surface area contributed by atoms with Crippen LogP contribution in [-0.2, 0) is 5.60 Å². The van der Waals surface area contributed by atoms with Gasteiger partial charge in [-0.2, -0.15) is 0 Å². The number of hydrogen-bond donors (Lipinski definition) is 4. The Kier molecular flexibility index (Phi) is 7.90. The number of hydrogen-bond acceptors (Lipinski definition) is 7. The molecule has 11 heteroatoms. The minimum atomic E-state index is -1.08. The second-order valence-electron chi connectivity index (χ2n) is 10.7. The molecule has 3 aromatic rings. The third-order valence-corrected chi connectivity index (χ3v) is 8.18. The number of nitrogens with one attached hydrogen (secondary N) is 1. The van der Waals surface area contributed by atoms with Crippen LogP contribution in [0.25, 0.3) is 11.3 Å². The van der Waals surface area contributed by atoms with Crippen LogP contribution in [0.3, 0.4) is 0 Å². The first-order chi connectivity index (χ1) is 19.1. The molecule has 1 saturated carbocycles. The van der Waals surface area contributed by atoms with Crippen molar-refractivity contribution in [2.75, 3.05) is 23.3 Å². The SMILES string of the molecule is C[B]c1cc(C2(O)CCC2)cc(F)c1-c1nc(C(=O)Nc2cnccc2N2CC(N)C(O)C(CC)C2)ccc1F. The van der Waals surface area contributed by atoms with E-state index in [0.717, 1.165) is 18.9 Å². The largest absolute Gasteiger partial charge is 0.391 e. The highest BCUT2D eigenvalue weighted by Gasteiger charge is 2.37. The molecule has 1 saturated heterocycles. The minimum Gasteiger partial charge on any atom is -0.391 e.